The zero-order chi connectivity index (χ0) is 30.9. The summed E-state index contributed by atoms with van der Waals surface area (Å²) in [6, 6.07) is 0.149. The summed E-state index contributed by atoms with van der Waals surface area (Å²) < 4.78 is 47.5. The minimum absolute atomic E-state index is 0.0871. The van der Waals surface area contributed by atoms with Crippen molar-refractivity contribution in [2.75, 3.05) is 71.4 Å². The number of nitrogens with zero attached hydrogens (tertiary/aromatic N) is 4. The Bertz CT molecular complexity index is 1240. The summed E-state index contributed by atoms with van der Waals surface area (Å²) in [4.78, 5) is 8.90. The van der Waals surface area contributed by atoms with Crippen LogP contribution in [0.2, 0.25) is 5.28 Å². The summed E-state index contributed by atoms with van der Waals surface area (Å²) in [5.41, 5.74) is 0.508. The third-order valence-electron chi connectivity index (χ3n) is 7.58. The zero-order valence-electron chi connectivity index (χ0n) is 25.2. The lowest BCUT2D eigenvalue weighted by atomic mass is 10.1. The number of hydrogen-bond donors (Lipinski definition) is 2. The largest absolute Gasteiger partial charge is 0.394 e. The lowest BCUT2D eigenvalue weighted by Crippen LogP contribution is -2.31. The first-order valence-corrected chi connectivity index (χ1v) is 15.4. The molecule has 3 fully saturated rings. The van der Waals surface area contributed by atoms with E-state index in [1.807, 2.05) is 13.8 Å². The second kappa shape index (κ2) is 15.9. The first-order valence-electron chi connectivity index (χ1n) is 15.0. The van der Waals surface area contributed by atoms with Crippen molar-refractivity contribution in [2.24, 2.45) is 0 Å². The van der Waals surface area contributed by atoms with Gasteiger partial charge in [-0.15, -0.1) is 6.42 Å². The van der Waals surface area contributed by atoms with Crippen LogP contribution < -0.4 is 5.32 Å². The summed E-state index contributed by atoms with van der Waals surface area (Å²) in [6.45, 7) is 7.72. The average Bonchev–Trinajstić information content (AvgIpc) is 3.76. The van der Waals surface area contributed by atoms with Crippen LogP contribution in [0.25, 0.3) is 11.0 Å². The number of halogens is 1. The molecule has 2 aromatic rings. The number of aliphatic hydroxyl groups excluding tert-OH is 1. The van der Waals surface area contributed by atoms with Crippen LogP contribution in [0.5, 0.6) is 0 Å². The van der Waals surface area contributed by atoms with Gasteiger partial charge in [0.2, 0.25) is 5.28 Å². The summed E-state index contributed by atoms with van der Waals surface area (Å²) in [7, 11) is 0. The molecule has 2 N–H and O–H groups in total. The molecule has 0 spiro atoms. The van der Waals surface area contributed by atoms with Gasteiger partial charge in [-0.1, -0.05) is 5.92 Å². The van der Waals surface area contributed by atoms with Gasteiger partial charge in [0.15, 0.2) is 17.7 Å². The molecule has 15 heteroatoms. The topological polar surface area (TPSA) is 150 Å². The Kier molecular flexibility index (Phi) is 12.0. The number of terminal acetylenes is 1. The van der Waals surface area contributed by atoms with Gasteiger partial charge in [0.1, 0.15) is 30.7 Å². The van der Waals surface area contributed by atoms with Crippen molar-refractivity contribution < 1.29 is 43.0 Å². The van der Waals surface area contributed by atoms with E-state index in [1.165, 1.54) is 0 Å². The Morgan fingerprint density at radius 3 is 2.41 bits per heavy atom. The van der Waals surface area contributed by atoms with Crippen LogP contribution in [-0.4, -0.2) is 127 Å². The molecular formula is C29H42ClN5O9. The predicted molar refractivity (Wildman–Crippen MR) is 158 cm³/mol. The molecule has 0 bridgehead atoms. The molecule has 5 rings (SSSR count). The van der Waals surface area contributed by atoms with Crippen LogP contribution in [0.1, 0.15) is 39.3 Å². The van der Waals surface area contributed by atoms with Gasteiger partial charge in [0, 0.05) is 6.04 Å². The molecule has 2 saturated heterocycles. The van der Waals surface area contributed by atoms with E-state index in [9.17, 15) is 5.11 Å². The van der Waals surface area contributed by atoms with Crippen molar-refractivity contribution in [3.8, 4) is 12.3 Å². The highest BCUT2D eigenvalue weighted by Gasteiger charge is 2.56. The van der Waals surface area contributed by atoms with E-state index in [-0.39, 0.29) is 24.0 Å². The fourth-order valence-electron chi connectivity index (χ4n) is 5.68. The molecule has 14 nitrogen and oxygen atoms in total. The van der Waals surface area contributed by atoms with E-state index in [0.717, 1.165) is 19.3 Å². The van der Waals surface area contributed by atoms with Gasteiger partial charge in [0.05, 0.1) is 77.1 Å². The van der Waals surface area contributed by atoms with Crippen molar-refractivity contribution in [2.45, 2.75) is 75.6 Å². The molecule has 1 saturated carbocycles. The number of ether oxygens (including phenoxy) is 8. The van der Waals surface area contributed by atoms with Gasteiger partial charge in [-0.05, 0) is 44.7 Å². The van der Waals surface area contributed by atoms with E-state index in [4.69, 9.17) is 55.9 Å². The maximum atomic E-state index is 9.86. The van der Waals surface area contributed by atoms with Crippen LogP contribution in [0, 0.1) is 12.3 Å². The van der Waals surface area contributed by atoms with Gasteiger partial charge in [-0.2, -0.15) is 15.1 Å². The van der Waals surface area contributed by atoms with Gasteiger partial charge >= 0.3 is 0 Å². The molecule has 0 unspecified atom stereocenters. The molecule has 2 aromatic heterocycles. The monoisotopic (exact) mass is 639 g/mol. The second-order valence-electron chi connectivity index (χ2n) is 11.2. The van der Waals surface area contributed by atoms with Crippen LogP contribution >= 0.6 is 11.6 Å². The SMILES string of the molecule is C#CCOCCOCCOCCOCCO[C@@H]1CC[C@H](Nc2nc(Cl)nc3c2cnn3[C@@H]2O[C@H](CO)[C@H]3OC(C)(C)O[C@H]32)C1. The summed E-state index contributed by atoms with van der Waals surface area (Å²) in [5, 5.41) is 18.7. The van der Waals surface area contributed by atoms with E-state index in [2.05, 4.69) is 26.3 Å². The van der Waals surface area contributed by atoms with Crippen LogP contribution in [0.15, 0.2) is 6.20 Å². The molecule has 4 heterocycles. The highest BCUT2D eigenvalue weighted by atomic mass is 35.5. The number of rotatable bonds is 18. The molecule has 6 atom stereocenters. The molecule has 1 aliphatic carbocycles. The van der Waals surface area contributed by atoms with Gasteiger partial charge in [0.25, 0.3) is 0 Å². The Labute approximate surface area is 261 Å². The van der Waals surface area contributed by atoms with E-state index < -0.39 is 30.3 Å². The zero-order valence-corrected chi connectivity index (χ0v) is 25.9. The highest BCUT2D eigenvalue weighted by Crippen LogP contribution is 2.43. The number of anilines is 1. The fourth-order valence-corrected chi connectivity index (χ4v) is 5.84. The maximum absolute atomic E-state index is 9.86. The Balaban J connectivity index is 1.03. The van der Waals surface area contributed by atoms with Crippen molar-refractivity contribution in [1.29, 1.82) is 0 Å². The molecule has 2 aliphatic heterocycles. The lowest BCUT2D eigenvalue weighted by Gasteiger charge is -2.23. The first-order chi connectivity index (χ1) is 21.4. The standard InChI is InChI=1S/C29H42ClN5O9/c1-4-7-37-8-9-38-10-11-39-12-13-40-14-15-41-20-6-5-19(16-20)32-25-21-17-31-35(26(21)34-28(30)33-25)27-24-23(22(18-36)42-27)43-29(2,3)44-24/h1,17,19-20,22-24,27,36H,5-16,18H2,2-3H3,(H,32,33,34)/t19-,20+,22+,23+,24+,27+/m0/s1. The lowest BCUT2D eigenvalue weighted by molar-refractivity contribution is -0.201. The highest BCUT2D eigenvalue weighted by molar-refractivity contribution is 6.28. The normalized spacial score (nSPS) is 27.6. The third-order valence-corrected chi connectivity index (χ3v) is 7.75. The molecule has 0 aromatic carbocycles. The third kappa shape index (κ3) is 8.55. The van der Waals surface area contributed by atoms with Crippen LogP contribution in [0.4, 0.5) is 5.82 Å². The quantitative estimate of drug-likeness (QED) is 0.139. The minimum Gasteiger partial charge on any atom is -0.394 e. The van der Waals surface area contributed by atoms with E-state index >= 15 is 0 Å². The van der Waals surface area contributed by atoms with Crippen LogP contribution in [0.3, 0.4) is 0 Å². The van der Waals surface area contributed by atoms with Crippen molar-refractivity contribution in [3.63, 3.8) is 0 Å². The Morgan fingerprint density at radius 2 is 1.70 bits per heavy atom. The number of hydrogen-bond acceptors (Lipinski definition) is 13. The Hall–Kier alpha value is -2.16. The fraction of sp³-hybridized carbons (Fsp3) is 0.759. The molecule has 244 valence electrons. The summed E-state index contributed by atoms with van der Waals surface area (Å²) >= 11 is 6.36. The Morgan fingerprint density at radius 1 is 1.02 bits per heavy atom. The first kappa shape index (κ1) is 33.2. The minimum atomic E-state index is -0.802. The number of nitrogens with one attached hydrogen (secondary N) is 1. The van der Waals surface area contributed by atoms with Gasteiger partial charge < -0.3 is 48.3 Å². The molecule has 0 radical (unpaired) electrons. The van der Waals surface area contributed by atoms with E-state index in [1.54, 1.807) is 10.9 Å². The smallest absolute Gasteiger partial charge is 0.226 e. The van der Waals surface area contributed by atoms with Gasteiger partial charge in [-0.25, -0.2) is 4.68 Å². The molecule has 3 aliphatic rings. The average molecular weight is 640 g/mol. The number of fused-ring (bicyclic) bond motifs is 2. The molecule has 0 amide bonds. The van der Waals surface area contributed by atoms with E-state index in [0.29, 0.717) is 76.3 Å². The van der Waals surface area contributed by atoms with Crippen molar-refractivity contribution in [1.82, 2.24) is 19.7 Å². The molecule has 44 heavy (non-hydrogen) atoms. The predicted octanol–water partition coefficient (Wildman–Crippen LogP) is 1.94. The number of aromatic nitrogens is 4. The van der Waals surface area contributed by atoms with Crippen molar-refractivity contribution in [3.05, 3.63) is 11.5 Å². The van der Waals surface area contributed by atoms with Crippen molar-refractivity contribution >= 4 is 28.5 Å². The van der Waals surface area contributed by atoms with Crippen LogP contribution in [-0.2, 0) is 37.9 Å². The van der Waals surface area contributed by atoms with Gasteiger partial charge in [-0.3, -0.25) is 0 Å². The molecular weight excluding hydrogens is 598 g/mol. The summed E-state index contributed by atoms with van der Waals surface area (Å²) in [6.07, 6.45) is 7.50. The number of aliphatic hydroxyl groups is 1. The maximum Gasteiger partial charge on any atom is 0.226 e. The summed E-state index contributed by atoms with van der Waals surface area (Å²) in [5.74, 6) is 2.20. The second-order valence-corrected chi connectivity index (χ2v) is 11.6.